The molecule has 1 fully saturated rings. The van der Waals surface area contributed by atoms with Gasteiger partial charge in [0.1, 0.15) is 17.5 Å². The normalized spacial score (nSPS) is 15.7. The molecule has 0 radical (unpaired) electrons. The lowest BCUT2D eigenvalue weighted by Crippen LogP contribution is -2.51. The molecule has 1 heterocycles. The van der Waals surface area contributed by atoms with E-state index < -0.39 is 17.7 Å². The highest BCUT2D eigenvalue weighted by atomic mass is 19.1. The zero-order valence-corrected chi connectivity index (χ0v) is 15.1. The van der Waals surface area contributed by atoms with Gasteiger partial charge in [-0.3, -0.25) is 4.79 Å². The van der Waals surface area contributed by atoms with Gasteiger partial charge in [-0.15, -0.1) is 0 Å². The number of nitrogens with one attached hydrogen (secondary N) is 1. The second kappa shape index (κ2) is 8.43. The average Bonchev–Trinajstić information content (AvgIpc) is 2.66. The zero-order valence-electron chi connectivity index (χ0n) is 15.1. The first-order chi connectivity index (χ1) is 13.0. The molecular weight excluding hydrogens is 355 g/mol. The highest BCUT2D eigenvalue weighted by Gasteiger charge is 2.23. The predicted molar refractivity (Wildman–Crippen MR) is 98.0 cm³/mol. The molecule has 1 N–H and O–H groups in total. The predicted octanol–water partition coefficient (Wildman–Crippen LogP) is 3.10. The fourth-order valence-corrected chi connectivity index (χ4v) is 3.22. The summed E-state index contributed by atoms with van der Waals surface area (Å²) in [6.45, 7) is 3.86. The topological polar surface area (TPSA) is 35.6 Å². The Hall–Kier alpha value is -2.54. The van der Waals surface area contributed by atoms with E-state index in [0.29, 0.717) is 37.4 Å². The van der Waals surface area contributed by atoms with E-state index in [0.717, 1.165) is 6.07 Å². The van der Waals surface area contributed by atoms with Crippen molar-refractivity contribution in [3.63, 3.8) is 0 Å². The Labute approximate surface area is 156 Å². The maximum atomic E-state index is 13.9. The van der Waals surface area contributed by atoms with Crippen molar-refractivity contribution in [2.24, 2.45) is 0 Å². The Bertz CT molecular complexity index is 807. The van der Waals surface area contributed by atoms with Crippen LogP contribution in [-0.4, -0.2) is 43.5 Å². The van der Waals surface area contributed by atoms with E-state index in [1.807, 2.05) is 4.90 Å². The molecule has 1 amide bonds. The molecule has 7 heteroatoms. The number of rotatable bonds is 5. The molecule has 3 rings (SSSR count). The minimum absolute atomic E-state index is 0.0533. The largest absolute Gasteiger partial charge is 0.366 e. The van der Waals surface area contributed by atoms with Gasteiger partial charge < -0.3 is 15.1 Å². The van der Waals surface area contributed by atoms with E-state index >= 15 is 0 Å². The third-order valence-corrected chi connectivity index (χ3v) is 4.81. The molecule has 1 saturated heterocycles. The molecule has 0 bridgehead atoms. The number of hydrogen-bond donors (Lipinski definition) is 1. The number of amides is 1. The van der Waals surface area contributed by atoms with Crippen LogP contribution in [0.5, 0.6) is 0 Å². The molecule has 1 atom stereocenters. The van der Waals surface area contributed by atoms with Crippen molar-refractivity contribution in [2.45, 2.75) is 13.0 Å². The zero-order chi connectivity index (χ0) is 19.4. The summed E-state index contributed by atoms with van der Waals surface area (Å²) in [5.41, 5.74) is 0.858. The van der Waals surface area contributed by atoms with Crippen molar-refractivity contribution in [1.82, 2.24) is 10.2 Å². The SMILES string of the molecule is C[C@@H](NCC(=O)N1CCN(c2ccccc2F)CC1)c1ccc(F)cc1F. The highest BCUT2D eigenvalue weighted by molar-refractivity contribution is 5.78. The van der Waals surface area contributed by atoms with Crippen molar-refractivity contribution < 1.29 is 18.0 Å². The van der Waals surface area contributed by atoms with Crippen molar-refractivity contribution in [1.29, 1.82) is 0 Å². The lowest BCUT2D eigenvalue weighted by molar-refractivity contribution is -0.130. The minimum Gasteiger partial charge on any atom is -0.366 e. The van der Waals surface area contributed by atoms with Gasteiger partial charge >= 0.3 is 0 Å². The molecule has 1 aliphatic heterocycles. The Kier molecular flexibility index (Phi) is 6.01. The van der Waals surface area contributed by atoms with Crippen LogP contribution < -0.4 is 10.2 Å². The number of nitrogens with zero attached hydrogens (tertiary/aromatic N) is 2. The number of hydrogen-bond acceptors (Lipinski definition) is 3. The third kappa shape index (κ3) is 4.60. The van der Waals surface area contributed by atoms with E-state index in [9.17, 15) is 18.0 Å². The van der Waals surface area contributed by atoms with Gasteiger partial charge in [-0.25, -0.2) is 13.2 Å². The van der Waals surface area contributed by atoms with Crippen molar-refractivity contribution in [2.75, 3.05) is 37.6 Å². The third-order valence-electron chi connectivity index (χ3n) is 4.81. The van der Waals surface area contributed by atoms with E-state index in [-0.39, 0.29) is 18.3 Å². The van der Waals surface area contributed by atoms with Gasteiger partial charge in [0.25, 0.3) is 0 Å². The first kappa shape index (κ1) is 19.2. The molecule has 0 aliphatic carbocycles. The van der Waals surface area contributed by atoms with Crippen molar-refractivity contribution in [3.05, 3.63) is 65.5 Å². The molecule has 4 nitrogen and oxygen atoms in total. The molecule has 0 saturated carbocycles. The van der Waals surface area contributed by atoms with Crippen LogP contribution >= 0.6 is 0 Å². The Morgan fingerprint density at radius 1 is 1.04 bits per heavy atom. The molecule has 2 aromatic carbocycles. The van der Waals surface area contributed by atoms with Gasteiger partial charge in [-0.1, -0.05) is 18.2 Å². The van der Waals surface area contributed by atoms with Crippen LogP contribution in [0.25, 0.3) is 0 Å². The van der Waals surface area contributed by atoms with Crippen LogP contribution in [0.1, 0.15) is 18.5 Å². The second-order valence-electron chi connectivity index (χ2n) is 6.59. The van der Waals surface area contributed by atoms with Crippen LogP contribution in [0, 0.1) is 17.5 Å². The second-order valence-corrected chi connectivity index (χ2v) is 6.59. The van der Waals surface area contributed by atoms with E-state index in [2.05, 4.69) is 5.32 Å². The molecule has 1 aliphatic rings. The number of carbonyl (C=O) groups excluding carboxylic acids is 1. The smallest absolute Gasteiger partial charge is 0.236 e. The molecule has 0 unspecified atom stereocenters. The summed E-state index contributed by atoms with van der Waals surface area (Å²) in [5.74, 6) is -1.64. The fraction of sp³-hybridized carbons (Fsp3) is 0.350. The summed E-state index contributed by atoms with van der Waals surface area (Å²) in [6.07, 6.45) is 0. The van der Waals surface area contributed by atoms with Crippen LogP contribution in [0.15, 0.2) is 42.5 Å². The summed E-state index contributed by atoms with van der Waals surface area (Å²) in [5, 5.41) is 2.98. The molecule has 0 spiro atoms. The summed E-state index contributed by atoms with van der Waals surface area (Å²) < 4.78 is 40.7. The molecule has 144 valence electrons. The monoisotopic (exact) mass is 377 g/mol. The molecule has 27 heavy (non-hydrogen) atoms. The number of carbonyl (C=O) groups is 1. The average molecular weight is 377 g/mol. The van der Waals surface area contributed by atoms with Crippen molar-refractivity contribution in [3.8, 4) is 0 Å². The Balaban J connectivity index is 1.50. The number of piperazine rings is 1. The van der Waals surface area contributed by atoms with Crippen molar-refractivity contribution >= 4 is 11.6 Å². The molecular formula is C20H22F3N3O. The summed E-state index contributed by atoms with van der Waals surface area (Å²) in [4.78, 5) is 16.0. The summed E-state index contributed by atoms with van der Waals surface area (Å²) in [6, 6.07) is 9.57. The first-order valence-electron chi connectivity index (χ1n) is 8.91. The summed E-state index contributed by atoms with van der Waals surface area (Å²) in [7, 11) is 0. The lowest BCUT2D eigenvalue weighted by Gasteiger charge is -2.36. The number of halogens is 3. The summed E-state index contributed by atoms with van der Waals surface area (Å²) >= 11 is 0. The molecule has 2 aromatic rings. The standard InChI is InChI=1S/C20H22F3N3O/c1-14(16-7-6-15(21)12-18(16)23)24-13-20(27)26-10-8-25(9-11-26)19-5-3-2-4-17(19)22/h2-7,12,14,24H,8-11,13H2,1H3/t14-/m1/s1. The van der Waals surface area contributed by atoms with Gasteiger partial charge in [-0.05, 0) is 25.1 Å². The number of benzene rings is 2. The van der Waals surface area contributed by atoms with Crippen LogP contribution in [0.2, 0.25) is 0 Å². The van der Waals surface area contributed by atoms with Crippen LogP contribution in [0.4, 0.5) is 18.9 Å². The van der Waals surface area contributed by atoms with Gasteiger partial charge in [0, 0.05) is 43.9 Å². The number of para-hydroxylation sites is 1. The van der Waals surface area contributed by atoms with Gasteiger partial charge in [0.05, 0.1) is 12.2 Å². The van der Waals surface area contributed by atoms with Gasteiger partial charge in [-0.2, -0.15) is 0 Å². The minimum atomic E-state index is -0.638. The van der Waals surface area contributed by atoms with E-state index in [1.54, 1.807) is 30.0 Å². The van der Waals surface area contributed by atoms with Crippen LogP contribution in [-0.2, 0) is 4.79 Å². The molecule has 0 aromatic heterocycles. The quantitative estimate of drug-likeness (QED) is 0.870. The maximum Gasteiger partial charge on any atom is 0.236 e. The van der Waals surface area contributed by atoms with E-state index in [4.69, 9.17) is 0 Å². The first-order valence-corrected chi connectivity index (χ1v) is 8.91. The lowest BCUT2D eigenvalue weighted by atomic mass is 10.1. The highest BCUT2D eigenvalue weighted by Crippen LogP contribution is 2.20. The van der Waals surface area contributed by atoms with E-state index in [1.165, 1.54) is 18.2 Å². The Morgan fingerprint density at radius 3 is 2.41 bits per heavy atom. The maximum absolute atomic E-state index is 13.9. The van der Waals surface area contributed by atoms with Crippen LogP contribution in [0.3, 0.4) is 0 Å². The van der Waals surface area contributed by atoms with Gasteiger partial charge in [0.2, 0.25) is 5.91 Å². The van der Waals surface area contributed by atoms with Gasteiger partial charge in [0.15, 0.2) is 0 Å². The number of anilines is 1. The fourth-order valence-electron chi connectivity index (χ4n) is 3.22. The Morgan fingerprint density at radius 2 is 1.74 bits per heavy atom.